The molecule has 0 aromatic heterocycles. The lowest BCUT2D eigenvalue weighted by Crippen LogP contribution is -2.43. The second-order valence-electron chi connectivity index (χ2n) is 12.8. The molecular weight excluding hydrogens is 582 g/mol. The number of rotatable bonds is 33. The molecule has 0 bridgehead atoms. The summed E-state index contributed by atoms with van der Waals surface area (Å²) >= 11 is 0. The molecule has 0 aromatic rings. The maximum atomic E-state index is 10.8. The van der Waals surface area contributed by atoms with Crippen LogP contribution < -0.4 is 5.32 Å². The maximum absolute atomic E-state index is 10.8. The third-order valence-corrected chi connectivity index (χ3v) is 8.03. The fourth-order valence-electron chi connectivity index (χ4n) is 5.18. The van der Waals surface area contributed by atoms with Crippen LogP contribution >= 0.6 is 0 Å². The van der Waals surface area contributed by atoms with Crippen LogP contribution in [0.1, 0.15) is 117 Å². The van der Waals surface area contributed by atoms with Gasteiger partial charge in [0.1, 0.15) is 0 Å². The zero-order valence-corrected chi connectivity index (χ0v) is 31.0. The van der Waals surface area contributed by atoms with Crippen molar-refractivity contribution >= 4 is 0 Å². The Morgan fingerprint density at radius 3 is 1.34 bits per heavy atom. The van der Waals surface area contributed by atoms with Crippen LogP contribution in [-0.2, 0) is 0 Å². The summed E-state index contributed by atoms with van der Waals surface area (Å²) in [5.74, 6) is 0. The topological polar surface area (TPSA) is 79.2 Å². The summed E-state index contributed by atoms with van der Waals surface area (Å²) in [5, 5.41) is 35.4. The number of aliphatic hydroxyl groups is 3. The number of likely N-dealkylation sites (N-methyl/N-ethyl adjacent to an activating group) is 1. The van der Waals surface area contributed by atoms with Gasteiger partial charge in [-0.1, -0.05) is 93.7 Å². The minimum atomic E-state index is -0.392. The Balaban J connectivity index is 4.53. The van der Waals surface area contributed by atoms with E-state index in [1.54, 1.807) is 0 Å². The van der Waals surface area contributed by atoms with Gasteiger partial charge >= 0.3 is 0 Å². The molecule has 0 fully saturated rings. The quantitative estimate of drug-likeness (QED) is 0.0422. The highest BCUT2D eigenvalue weighted by atomic mass is 16.3. The van der Waals surface area contributed by atoms with Crippen LogP contribution in [0.2, 0.25) is 0 Å². The number of hydrogen-bond acceptors (Lipinski definition) is 6. The fraction of sp³-hybridized carbons (Fsp3) is 0.707. The van der Waals surface area contributed by atoms with E-state index in [9.17, 15) is 15.3 Å². The minimum absolute atomic E-state index is 0.311. The summed E-state index contributed by atoms with van der Waals surface area (Å²) in [5.41, 5.74) is 0. The minimum Gasteiger partial charge on any atom is -0.392 e. The van der Waals surface area contributed by atoms with Crippen molar-refractivity contribution in [1.29, 1.82) is 0 Å². The van der Waals surface area contributed by atoms with Crippen LogP contribution in [0, 0.1) is 0 Å². The lowest BCUT2D eigenvalue weighted by atomic mass is 10.1. The lowest BCUT2D eigenvalue weighted by molar-refractivity contribution is 0.0571. The van der Waals surface area contributed by atoms with Gasteiger partial charge in [0.2, 0.25) is 0 Å². The Labute approximate surface area is 291 Å². The molecule has 0 aromatic carbocycles. The number of allylic oxidation sites excluding steroid dienone is 12. The van der Waals surface area contributed by atoms with Gasteiger partial charge in [-0.05, 0) is 103 Å². The zero-order chi connectivity index (χ0) is 34.6. The number of nitrogens with one attached hydrogen (secondary N) is 1. The average Bonchev–Trinajstić information content (AvgIpc) is 3.05. The summed E-state index contributed by atoms with van der Waals surface area (Å²) in [6, 6.07) is 0. The normalized spacial score (nSPS) is 15.0. The largest absolute Gasteiger partial charge is 0.392 e. The molecule has 0 radical (unpaired) electrons. The van der Waals surface area contributed by atoms with Crippen molar-refractivity contribution in [3.8, 4) is 0 Å². The standard InChI is InChI=1S/C41H75N3O3/c1-5-8-11-14-17-20-23-26-29-39(45)36-42-32-33-43(4)34-35-44(37-40(46)30-27-24-21-18-15-12-9-6-2)38-41(47)31-28-25-22-19-16-13-10-7-3/h8-13,17-22,39-42,45-47H,5-7,14-16,23-38H2,1-4H3/b11-8-,12-9-,13-10-,20-17-,21-18-,22-19-. The highest BCUT2D eigenvalue weighted by Crippen LogP contribution is 2.09. The highest BCUT2D eigenvalue weighted by Gasteiger charge is 2.16. The number of unbranched alkanes of at least 4 members (excludes halogenated alkanes) is 3. The molecule has 0 rings (SSSR count). The molecule has 0 spiro atoms. The van der Waals surface area contributed by atoms with Gasteiger partial charge in [0.05, 0.1) is 18.3 Å². The molecule has 0 aliphatic rings. The second-order valence-corrected chi connectivity index (χ2v) is 12.8. The number of hydrogen-bond donors (Lipinski definition) is 4. The van der Waals surface area contributed by atoms with Crippen molar-refractivity contribution in [3.05, 3.63) is 72.9 Å². The first-order valence-corrected chi connectivity index (χ1v) is 19.0. The number of nitrogens with zero attached hydrogens (tertiary/aromatic N) is 2. The fourth-order valence-corrected chi connectivity index (χ4v) is 5.18. The van der Waals surface area contributed by atoms with E-state index in [4.69, 9.17) is 0 Å². The van der Waals surface area contributed by atoms with Crippen LogP contribution in [0.3, 0.4) is 0 Å². The second kappa shape index (κ2) is 35.5. The van der Waals surface area contributed by atoms with Crippen LogP contribution in [0.4, 0.5) is 0 Å². The molecule has 0 aliphatic heterocycles. The van der Waals surface area contributed by atoms with Gasteiger partial charge in [0.25, 0.3) is 0 Å². The lowest BCUT2D eigenvalue weighted by Gasteiger charge is -2.29. The van der Waals surface area contributed by atoms with Gasteiger partial charge in [0, 0.05) is 45.8 Å². The Kier molecular flexibility index (Phi) is 34.1. The molecule has 6 nitrogen and oxygen atoms in total. The Hall–Kier alpha value is -1.80. The summed E-state index contributed by atoms with van der Waals surface area (Å²) in [6.07, 6.45) is 39.8. The van der Waals surface area contributed by atoms with Gasteiger partial charge in [-0.3, -0.25) is 4.90 Å². The predicted octanol–water partition coefficient (Wildman–Crippen LogP) is 8.14. The van der Waals surface area contributed by atoms with Crippen molar-refractivity contribution in [2.24, 2.45) is 0 Å². The molecule has 272 valence electrons. The molecule has 0 amide bonds. The van der Waals surface area contributed by atoms with Crippen molar-refractivity contribution in [2.45, 2.75) is 135 Å². The van der Waals surface area contributed by atoms with E-state index < -0.39 is 12.2 Å². The van der Waals surface area contributed by atoms with E-state index in [1.807, 2.05) is 0 Å². The Bertz CT molecular complexity index is 796. The molecule has 0 saturated carbocycles. The first-order valence-electron chi connectivity index (χ1n) is 19.0. The van der Waals surface area contributed by atoms with Crippen LogP contribution in [-0.4, -0.2) is 96.3 Å². The maximum Gasteiger partial charge on any atom is 0.0667 e. The van der Waals surface area contributed by atoms with Gasteiger partial charge in [-0.25, -0.2) is 0 Å². The molecule has 47 heavy (non-hydrogen) atoms. The predicted molar refractivity (Wildman–Crippen MR) is 206 cm³/mol. The SMILES string of the molecule is CC/C=C\C/C=C\CCCC(O)CNCCN(C)CCN(CC(O)CCC/C=C\C/C=C\CC)CC(O)CCC/C=C\C/C=C\CC. The van der Waals surface area contributed by atoms with Gasteiger partial charge in [0.15, 0.2) is 0 Å². The van der Waals surface area contributed by atoms with E-state index >= 15 is 0 Å². The van der Waals surface area contributed by atoms with E-state index in [-0.39, 0.29) is 6.10 Å². The number of aliphatic hydroxyl groups excluding tert-OH is 3. The van der Waals surface area contributed by atoms with E-state index in [2.05, 4.69) is 116 Å². The summed E-state index contributed by atoms with van der Waals surface area (Å²) < 4.78 is 0. The molecule has 0 aliphatic carbocycles. The molecular formula is C41H75N3O3. The van der Waals surface area contributed by atoms with E-state index in [0.717, 1.165) is 122 Å². The zero-order valence-electron chi connectivity index (χ0n) is 31.0. The highest BCUT2D eigenvalue weighted by molar-refractivity contribution is 4.94. The summed E-state index contributed by atoms with van der Waals surface area (Å²) in [6.45, 7) is 11.6. The molecule has 4 N–H and O–H groups in total. The summed E-state index contributed by atoms with van der Waals surface area (Å²) in [4.78, 5) is 4.53. The van der Waals surface area contributed by atoms with Crippen LogP contribution in [0.5, 0.6) is 0 Å². The van der Waals surface area contributed by atoms with E-state index in [1.165, 1.54) is 0 Å². The monoisotopic (exact) mass is 658 g/mol. The molecule has 0 saturated heterocycles. The van der Waals surface area contributed by atoms with Gasteiger partial charge < -0.3 is 25.5 Å². The van der Waals surface area contributed by atoms with Crippen molar-refractivity contribution in [2.75, 3.05) is 52.9 Å². The Morgan fingerprint density at radius 1 is 0.511 bits per heavy atom. The van der Waals surface area contributed by atoms with E-state index in [0.29, 0.717) is 19.6 Å². The third kappa shape index (κ3) is 33.9. The molecule has 3 unspecified atom stereocenters. The van der Waals surface area contributed by atoms with Crippen molar-refractivity contribution in [1.82, 2.24) is 15.1 Å². The van der Waals surface area contributed by atoms with Gasteiger partial charge in [-0.2, -0.15) is 0 Å². The molecule has 6 heteroatoms. The van der Waals surface area contributed by atoms with Crippen molar-refractivity contribution in [3.63, 3.8) is 0 Å². The smallest absolute Gasteiger partial charge is 0.0667 e. The molecule has 3 atom stereocenters. The van der Waals surface area contributed by atoms with Gasteiger partial charge in [-0.15, -0.1) is 0 Å². The summed E-state index contributed by atoms with van der Waals surface area (Å²) in [7, 11) is 2.12. The Morgan fingerprint density at radius 2 is 0.915 bits per heavy atom. The van der Waals surface area contributed by atoms with Crippen molar-refractivity contribution < 1.29 is 15.3 Å². The first-order chi connectivity index (χ1) is 22.9. The van der Waals surface area contributed by atoms with Crippen LogP contribution in [0.15, 0.2) is 72.9 Å². The third-order valence-electron chi connectivity index (χ3n) is 8.03. The average molecular weight is 658 g/mol. The van der Waals surface area contributed by atoms with Crippen LogP contribution in [0.25, 0.3) is 0 Å². The molecule has 0 heterocycles. The first kappa shape index (κ1) is 45.2.